The summed E-state index contributed by atoms with van der Waals surface area (Å²) in [5.41, 5.74) is 5.69. The largest absolute Gasteiger partial charge is 0.505 e. The molecule has 1 aromatic heterocycles. The van der Waals surface area contributed by atoms with E-state index in [1.807, 2.05) is 30.3 Å². The topological polar surface area (TPSA) is 123 Å². The number of ether oxygens (including phenoxy) is 1. The maximum atomic E-state index is 11.3. The van der Waals surface area contributed by atoms with Crippen LogP contribution in [0.5, 0.6) is 17.2 Å². The van der Waals surface area contributed by atoms with E-state index in [0.29, 0.717) is 28.0 Å². The highest BCUT2D eigenvalue weighted by Crippen LogP contribution is 2.33. The number of carbonyl (C=O) groups excluding carboxylic acids is 1. The van der Waals surface area contributed by atoms with E-state index in [1.165, 1.54) is 0 Å². The zero-order valence-corrected chi connectivity index (χ0v) is 14.3. The van der Waals surface area contributed by atoms with Crippen molar-refractivity contribution in [3.05, 3.63) is 59.9 Å². The molecule has 0 radical (unpaired) electrons. The van der Waals surface area contributed by atoms with Crippen molar-refractivity contribution in [3.63, 3.8) is 0 Å². The van der Waals surface area contributed by atoms with Crippen LogP contribution in [-0.2, 0) is 4.79 Å². The molecule has 1 amide bonds. The second-order valence-corrected chi connectivity index (χ2v) is 5.40. The Labute approximate surface area is 149 Å². The lowest BCUT2D eigenvalue weighted by molar-refractivity contribution is -0.134. The Morgan fingerprint density at radius 1 is 1.04 bits per heavy atom. The molecule has 0 fully saturated rings. The Kier molecular flexibility index (Phi) is 5.74. The average molecular weight is 354 g/mol. The number of aryl methyl sites for hydroxylation is 1. The van der Waals surface area contributed by atoms with E-state index in [1.54, 1.807) is 25.1 Å². The number of amides is 1. The Bertz CT molecular complexity index is 951. The van der Waals surface area contributed by atoms with Crippen LogP contribution in [0, 0.1) is 6.92 Å². The van der Waals surface area contributed by atoms with Crippen molar-refractivity contribution in [2.75, 3.05) is 0 Å². The molecule has 0 unspecified atom stereocenters. The molecule has 26 heavy (non-hydrogen) atoms. The molecular weight excluding hydrogens is 336 g/mol. The van der Waals surface area contributed by atoms with Crippen LogP contribution in [0.25, 0.3) is 10.8 Å². The van der Waals surface area contributed by atoms with Crippen LogP contribution < -0.4 is 10.5 Å². The lowest BCUT2D eigenvalue weighted by Gasteiger charge is -2.10. The Morgan fingerprint density at radius 2 is 1.65 bits per heavy atom. The number of benzene rings is 2. The molecule has 0 aliphatic rings. The standard InChI is InChI=1S/C17H14N2O3.C2H4O2/c1-10-14-9-12(22-11-5-3-2-4-6-11)7-8-13(14)16(20)15(19-10)17(18)21;1-2(3)4/h2-9,20H,1H3,(H2,18,21);1H3,(H,3,4). The minimum absolute atomic E-state index is 0.123. The van der Waals surface area contributed by atoms with Gasteiger partial charge in [-0.25, -0.2) is 4.98 Å². The molecule has 1 heterocycles. The summed E-state index contributed by atoms with van der Waals surface area (Å²) in [4.78, 5) is 24.4. The number of aromatic nitrogens is 1. The number of rotatable bonds is 3. The van der Waals surface area contributed by atoms with Crippen molar-refractivity contribution >= 4 is 22.6 Å². The summed E-state index contributed by atoms with van der Waals surface area (Å²) >= 11 is 0. The first kappa shape index (κ1) is 18.7. The smallest absolute Gasteiger partial charge is 0.300 e. The van der Waals surface area contributed by atoms with E-state index in [4.69, 9.17) is 20.4 Å². The fourth-order valence-corrected chi connectivity index (χ4v) is 2.30. The second-order valence-electron chi connectivity index (χ2n) is 5.40. The van der Waals surface area contributed by atoms with Crippen molar-refractivity contribution < 1.29 is 24.5 Å². The third-order valence-electron chi connectivity index (χ3n) is 3.35. The summed E-state index contributed by atoms with van der Waals surface area (Å²) in [6, 6.07) is 14.6. The lowest BCUT2D eigenvalue weighted by Crippen LogP contribution is -2.14. The number of para-hydroxylation sites is 1. The fourth-order valence-electron chi connectivity index (χ4n) is 2.30. The normalized spacial score (nSPS) is 9.92. The molecule has 0 spiro atoms. The predicted octanol–water partition coefficient (Wildman–Crippen LogP) is 3.23. The van der Waals surface area contributed by atoms with Gasteiger partial charge in [0.2, 0.25) is 0 Å². The number of nitrogens with two attached hydrogens (primary N) is 1. The first-order valence-electron chi connectivity index (χ1n) is 7.65. The molecule has 4 N–H and O–H groups in total. The predicted molar refractivity (Wildman–Crippen MR) is 96.5 cm³/mol. The van der Waals surface area contributed by atoms with E-state index in [0.717, 1.165) is 6.92 Å². The van der Waals surface area contributed by atoms with Gasteiger partial charge < -0.3 is 20.7 Å². The van der Waals surface area contributed by atoms with Crippen LogP contribution in [0.4, 0.5) is 0 Å². The van der Waals surface area contributed by atoms with Crippen LogP contribution in [0.1, 0.15) is 23.1 Å². The summed E-state index contributed by atoms with van der Waals surface area (Å²) < 4.78 is 5.76. The number of aromatic hydroxyl groups is 1. The molecule has 7 nitrogen and oxygen atoms in total. The highest BCUT2D eigenvalue weighted by atomic mass is 16.5. The number of hydrogen-bond acceptors (Lipinski definition) is 5. The summed E-state index contributed by atoms with van der Waals surface area (Å²) in [7, 11) is 0. The molecule has 7 heteroatoms. The Hall–Kier alpha value is -3.61. The molecule has 0 aliphatic carbocycles. The Balaban J connectivity index is 0.000000552. The SMILES string of the molecule is CC(=O)O.Cc1nc(C(N)=O)c(O)c2ccc(Oc3ccccc3)cc12. The van der Waals surface area contributed by atoms with Crippen molar-refractivity contribution in [2.24, 2.45) is 5.73 Å². The van der Waals surface area contributed by atoms with E-state index < -0.39 is 11.9 Å². The molecular formula is C19H18N2O5. The molecule has 3 rings (SSSR count). The van der Waals surface area contributed by atoms with E-state index >= 15 is 0 Å². The maximum absolute atomic E-state index is 11.3. The van der Waals surface area contributed by atoms with Crippen LogP contribution in [0.3, 0.4) is 0 Å². The Morgan fingerprint density at radius 3 is 2.23 bits per heavy atom. The number of carbonyl (C=O) groups is 2. The van der Waals surface area contributed by atoms with Gasteiger partial charge in [-0.15, -0.1) is 0 Å². The summed E-state index contributed by atoms with van der Waals surface area (Å²) in [6.07, 6.45) is 0. The monoisotopic (exact) mass is 354 g/mol. The summed E-state index contributed by atoms with van der Waals surface area (Å²) in [5, 5.41) is 18.8. The van der Waals surface area contributed by atoms with Crippen LogP contribution in [0.2, 0.25) is 0 Å². The zero-order chi connectivity index (χ0) is 19.3. The number of fused-ring (bicyclic) bond motifs is 1. The molecule has 0 saturated heterocycles. The van der Waals surface area contributed by atoms with Crippen LogP contribution in [-0.4, -0.2) is 27.1 Å². The fraction of sp³-hybridized carbons (Fsp3) is 0.105. The number of primary amides is 1. The van der Waals surface area contributed by atoms with Crippen LogP contribution in [0.15, 0.2) is 48.5 Å². The summed E-state index contributed by atoms with van der Waals surface area (Å²) in [6.45, 7) is 2.83. The minimum Gasteiger partial charge on any atom is -0.505 e. The molecule has 3 aromatic rings. The number of carboxylic acid groups (broad SMARTS) is 1. The van der Waals surface area contributed by atoms with Gasteiger partial charge in [0.15, 0.2) is 11.4 Å². The lowest BCUT2D eigenvalue weighted by atomic mass is 10.1. The molecule has 134 valence electrons. The summed E-state index contributed by atoms with van der Waals surface area (Å²) in [5.74, 6) is -0.466. The number of nitrogens with zero attached hydrogens (tertiary/aromatic N) is 1. The van der Waals surface area contributed by atoms with Crippen LogP contribution >= 0.6 is 0 Å². The number of hydrogen-bond donors (Lipinski definition) is 3. The van der Waals surface area contributed by atoms with Gasteiger partial charge in [0, 0.05) is 23.4 Å². The van der Waals surface area contributed by atoms with Gasteiger partial charge in [0.25, 0.3) is 11.9 Å². The van der Waals surface area contributed by atoms with Crippen molar-refractivity contribution in [1.29, 1.82) is 0 Å². The number of aliphatic carboxylic acids is 1. The van der Waals surface area contributed by atoms with Crippen molar-refractivity contribution in [2.45, 2.75) is 13.8 Å². The van der Waals surface area contributed by atoms with Gasteiger partial charge in [-0.3, -0.25) is 9.59 Å². The van der Waals surface area contributed by atoms with Gasteiger partial charge in [0.1, 0.15) is 11.5 Å². The van der Waals surface area contributed by atoms with E-state index in [2.05, 4.69) is 4.98 Å². The maximum Gasteiger partial charge on any atom is 0.300 e. The van der Waals surface area contributed by atoms with Crippen molar-refractivity contribution in [1.82, 2.24) is 4.98 Å². The first-order chi connectivity index (χ1) is 12.3. The van der Waals surface area contributed by atoms with Gasteiger partial charge in [-0.2, -0.15) is 0 Å². The quantitative estimate of drug-likeness (QED) is 0.663. The van der Waals surface area contributed by atoms with E-state index in [-0.39, 0.29) is 11.4 Å². The van der Waals surface area contributed by atoms with E-state index in [9.17, 15) is 9.90 Å². The molecule has 0 atom stereocenters. The third kappa shape index (κ3) is 4.47. The molecule has 0 aliphatic heterocycles. The molecule has 0 saturated carbocycles. The molecule has 0 bridgehead atoms. The third-order valence-corrected chi connectivity index (χ3v) is 3.35. The van der Waals surface area contributed by atoms with Gasteiger partial charge in [-0.05, 0) is 37.3 Å². The van der Waals surface area contributed by atoms with Crippen molar-refractivity contribution in [3.8, 4) is 17.2 Å². The highest BCUT2D eigenvalue weighted by molar-refractivity contribution is 6.01. The molecule has 2 aromatic carbocycles. The number of pyridine rings is 1. The highest BCUT2D eigenvalue weighted by Gasteiger charge is 2.15. The first-order valence-corrected chi connectivity index (χ1v) is 7.65. The van der Waals surface area contributed by atoms with Gasteiger partial charge in [0.05, 0.1) is 0 Å². The zero-order valence-electron chi connectivity index (χ0n) is 14.3. The second kappa shape index (κ2) is 7.98. The number of carboxylic acids is 1. The minimum atomic E-state index is -0.833. The average Bonchev–Trinajstić information content (AvgIpc) is 2.58. The van der Waals surface area contributed by atoms with Gasteiger partial charge >= 0.3 is 0 Å². The van der Waals surface area contributed by atoms with Gasteiger partial charge in [-0.1, -0.05) is 18.2 Å².